The SMILES string of the molecule is CC(Oc1ccc(F)cc1)c1nnc(SCC(=O)NCCc2cccs2)o1. The van der Waals surface area contributed by atoms with E-state index in [-0.39, 0.29) is 17.5 Å². The van der Waals surface area contributed by atoms with E-state index < -0.39 is 6.10 Å². The van der Waals surface area contributed by atoms with Gasteiger partial charge in [0.1, 0.15) is 11.6 Å². The van der Waals surface area contributed by atoms with Gasteiger partial charge in [-0.2, -0.15) is 0 Å². The van der Waals surface area contributed by atoms with Gasteiger partial charge in [-0.15, -0.1) is 21.5 Å². The van der Waals surface area contributed by atoms with E-state index in [0.29, 0.717) is 23.4 Å². The number of carbonyl (C=O) groups is 1. The molecule has 0 saturated heterocycles. The summed E-state index contributed by atoms with van der Waals surface area (Å²) in [7, 11) is 0. The highest BCUT2D eigenvalue weighted by Gasteiger charge is 2.17. The van der Waals surface area contributed by atoms with Crippen molar-refractivity contribution in [1.29, 1.82) is 0 Å². The van der Waals surface area contributed by atoms with E-state index in [1.807, 2.05) is 17.5 Å². The quantitative estimate of drug-likeness (QED) is 0.543. The van der Waals surface area contributed by atoms with Crippen LogP contribution in [0.1, 0.15) is 23.8 Å². The molecule has 0 aliphatic heterocycles. The fraction of sp³-hybridized carbons (Fsp3) is 0.278. The predicted molar refractivity (Wildman–Crippen MR) is 101 cm³/mol. The van der Waals surface area contributed by atoms with Crippen LogP contribution in [0.4, 0.5) is 4.39 Å². The lowest BCUT2D eigenvalue weighted by molar-refractivity contribution is -0.118. The molecule has 27 heavy (non-hydrogen) atoms. The van der Waals surface area contributed by atoms with Crippen molar-refractivity contribution in [3.8, 4) is 5.75 Å². The second-order valence-corrected chi connectivity index (χ2v) is 7.55. The van der Waals surface area contributed by atoms with E-state index >= 15 is 0 Å². The van der Waals surface area contributed by atoms with Crippen LogP contribution in [0.25, 0.3) is 0 Å². The van der Waals surface area contributed by atoms with Crippen molar-refractivity contribution in [2.24, 2.45) is 0 Å². The summed E-state index contributed by atoms with van der Waals surface area (Å²) >= 11 is 2.84. The maximum absolute atomic E-state index is 12.9. The van der Waals surface area contributed by atoms with Crippen molar-refractivity contribution in [1.82, 2.24) is 15.5 Å². The minimum absolute atomic E-state index is 0.0908. The van der Waals surface area contributed by atoms with Gasteiger partial charge in [-0.3, -0.25) is 4.79 Å². The molecule has 1 N–H and O–H groups in total. The van der Waals surface area contributed by atoms with Gasteiger partial charge >= 0.3 is 0 Å². The normalized spacial score (nSPS) is 11.9. The number of hydrogen-bond acceptors (Lipinski definition) is 7. The second kappa shape index (κ2) is 9.52. The summed E-state index contributed by atoms with van der Waals surface area (Å²) in [6, 6.07) is 9.71. The van der Waals surface area contributed by atoms with Crippen LogP contribution in [0.3, 0.4) is 0 Å². The van der Waals surface area contributed by atoms with E-state index in [9.17, 15) is 9.18 Å². The predicted octanol–water partition coefficient (Wildman–Crippen LogP) is 3.86. The molecule has 0 aliphatic carbocycles. The Kier molecular flexibility index (Phi) is 6.83. The Hall–Kier alpha value is -2.39. The molecule has 142 valence electrons. The number of aromatic nitrogens is 2. The molecular weight excluding hydrogens is 389 g/mol. The van der Waals surface area contributed by atoms with Gasteiger partial charge in [-0.1, -0.05) is 17.8 Å². The van der Waals surface area contributed by atoms with Gasteiger partial charge < -0.3 is 14.5 Å². The number of thioether (sulfide) groups is 1. The number of nitrogens with zero attached hydrogens (tertiary/aromatic N) is 2. The van der Waals surface area contributed by atoms with Crippen molar-refractivity contribution >= 4 is 29.0 Å². The van der Waals surface area contributed by atoms with E-state index in [1.54, 1.807) is 18.3 Å². The highest BCUT2D eigenvalue weighted by molar-refractivity contribution is 7.99. The number of halogens is 1. The first-order valence-electron chi connectivity index (χ1n) is 8.27. The zero-order chi connectivity index (χ0) is 19.1. The van der Waals surface area contributed by atoms with Crippen molar-refractivity contribution in [2.75, 3.05) is 12.3 Å². The molecule has 1 unspecified atom stereocenters. The summed E-state index contributed by atoms with van der Waals surface area (Å²) in [5.74, 6) is 0.563. The van der Waals surface area contributed by atoms with Gasteiger partial charge in [0.2, 0.25) is 5.91 Å². The van der Waals surface area contributed by atoms with Crippen LogP contribution >= 0.6 is 23.1 Å². The Morgan fingerprint density at radius 3 is 2.89 bits per heavy atom. The fourth-order valence-electron chi connectivity index (χ4n) is 2.17. The third kappa shape index (κ3) is 6.07. The maximum Gasteiger partial charge on any atom is 0.277 e. The molecule has 0 fully saturated rings. The molecule has 0 aliphatic rings. The Labute approximate surface area is 164 Å². The molecule has 1 aromatic carbocycles. The number of thiophene rings is 1. The molecule has 9 heteroatoms. The standard InChI is InChI=1S/C18H18FN3O3S2/c1-12(24-14-6-4-13(19)5-7-14)17-21-22-18(25-17)27-11-16(23)20-9-8-15-3-2-10-26-15/h2-7,10,12H,8-9,11H2,1H3,(H,20,23). The minimum atomic E-state index is -0.489. The Morgan fingerprint density at radius 1 is 1.33 bits per heavy atom. The van der Waals surface area contributed by atoms with Gasteiger partial charge in [0.05, 0.1) is 5.75 Å². The zero-order valence-electron chi connectivity index (χ0n) is 14.6. The van der Waals surface area contributed by atoms with Crippen LogP contribution in [0, 0.1) is 5.82 Å². The molecule has 1 atom stereocenters. The molecule has 2 heterocycles. The molecule has 0 saturated carbocycles. The first kappa shape index (κ1) is 19.4. The van der Waals surface area contributed by atoms with Crippen LogP contribution < -0.4 is 10.1 Å². The van der Waals surface area contributed by atoms with Crippen LogP contribution in [-0.4, -0.2) is 28.4 Å². The Bertz CT molecular complexity index is 853. The van der Waals surface area contributed by atoms with Crippen molar-refractivity contribution in [3.05, 3.63) is 58.4 Å². The molecule has 2 aromatic heterocycles. The van der Waals surface area contributed by atoms with Crippen LogP contribution in [0.2, 0.25) is 0 Å². The molecule has 0 radical (unpaired) electrons. The van der Waals surface area contributed by atoms with Crippen molar-refractivity contribution < 1.29 is 18.3 Å². The summed E-state index contributed by atoms with van der Waals surface area (Å²) in [5, 5.41) is 13.0. The number of ether oxygens (including phenoxy) is 1. The number of carbonyl (C=O) groups excluding carboxylic acids is 1. The number of amides is 1. The monoisotopic (exact) mass is 407 g/mol. The smallest absolute Gasteiger partial charge is 0.277 e. The second-order valence-electron chi connectivity index (χ2n) is 5.59. The Balaban J connectivity index is 1.41. The van der Waals surface area contributed by atoms with Crippen LogP contribution in [-0.2, 0) is 11.2 Å². The highest BCUT2D eigenvalue weighted by atomic mass is 32.2. The largest absolute Gasteiger partial charge is 0.481 e. The molecule has 3 aromatic rings. The lowest BCUT2D eigenvalue weighted by Crippen LogP contribution is -2.27. The van der Waals surface area contributed by atoms with E-state index in [2.05, 4.69) is 15.5 Å². The molecule has 6 nitrogen and oxygen atoms in total. The molecular formula is C18H18FN3O3S2. The summed E-state index contributed by atoms with van der Waals surface area (Å²) in [6.07, 6.45) is 0.328. The molecule has 0 spiro atoms. The number of nitrogens with one attached hydrogen (secondary N) is 1. The van der Waals surface area contributed by atoms with Crippen molar-refractivity contribution in [2.45, 2.75) is 24.7 Å². The van der Waals surface area contributed by atoms with Gasteiger partial charge in [0.25, 0.3) is 11.1 Å². The topological polar surface area (TPSA) is 77.2 Å². The summed E-state index contributed by atoms with van der Waals surface area (Å²) in [6.45, 7) is 2.35. The molecule has 3 rings (SSSR count). The third-order valence-corrected chi connectivity index (χ3v) is 5.25. The minimum Gasteiger partial charge on any atom is -0.481 e. The highest BCUT2D eigenvalue weighted by Crippen LogP contribution is 2.24. The Morgan fingerprint density at radius 2 is 2.15 bits per heavy atom. The van der Waals surface area contributed by atoms with E-state index in [0.717, 1.165) is 6.42 Å². The number of hydrogen-bond donors (Lipinski definition) is 1. The maximum atomic E-state index is 12.9. The third-order valence-electron chi connectivity index (χ3n) is 3.50. The summed E-state index contributed by atoms with van der Waals surface area (Å²) in [4.78, 5) is 13.1. The zero-order valence-corrected chi connectivity index (χ0v) is 16.2. The van der Waals surface area contributed by atoms with E-state index in [4.69, 9.17) is 9.15 Å². The van der Waals surface area contributed by atoms with Crippen LogP contribution in [0.15, 0.2) is 51.4 Å². The molecule has 1 amide bonds. The lowest BCUT2D eigenvalue weighted by atomic mass is 10.3. The van der Waals surface area contributed by atoms with Gasteiger partial charge in [-0.25, -0.2) is 4.39 Å². The number of rotatable bonds is 9. The van der Waals surface area contributed by atoms with Crippen molar-refractivity contribution in [3.63, 3.8) is 0 Å². The first-order chi connectivity index (χ1) is 13.1. The summed E-state index contributed by atoms with van der Waals surface area (Å²) < 4.78 is 24.1. The lowest BCUT2D eigenvalue weighted by Gasteiger charge is -2.10. The fourth-order valence-corrected chi connectivity index (χ4v) is 3.48. The van der Waals surface area contributed by atoms with Gasteiger partial charge in [-0.05, 0) is 49.1 Å². The average molecular weight is 407 g/mol. The van der Waals surface area contributed by atoms with Gasteiger partial charge in [0.15, 0.2) is 6.10 Å². The first-order valence-corrected chi connectivity index (χ1v) is 10.1. The van der Waals surface area contributed by atoms with E-state index in [1.165, 1.54) is 40.9 Å². The summed E-state index contributed by atoms with van der Waals surface area (Å²) in [5.41, 5.74) is 0. The average Bonchev–Trinajstić information content (AvgIpc) is 3.34. The van der Waals surface area contributed by atoms with Crippen LogP contribution in [0.5, 0.6) is 5.75 Å². The molecule has 0 bridgehead atoms. The van der Waals surface area contributed by atoms with Gasteiger partial charge in [0, 0.05) is 11.4 Å². The number of benzene rings is 1.